The number of rotatable bonds is 1. The molecule has 0 aromatic rings. The molecule has 0 bridgehead atoms. The van der Waals surface area contributed by atoms with Crippen LogP contribution in [-0.4, -0.2) is 18.5 Å². The first-order valence-corrected chi connectivity index (χ1v) is 4.79. The molecule has 1 aliphatic carbocycles. The molecule has 0 aromatic heterocycles. The highest BCUT2D eigenvalue weighted by atomic mass is 16.7. The molecule has 2 aliphatic rings. The van der Waals surface area contributed by atoms with Crippen molar-refractivity contribution in [3.8, 4) is 0 Å². The third-order valence-corrected chi connectivity index (χ3v) is 2.76. The minimum absolute atomic E-state index is 0.128. The molecule has 1 aliphatic heterocycles. The first kappa shape index (κ1) is 8.27. The van der Waals surface area contributed by atoms with Crippen LogP contribution in [0, 0.1) is 0 Å². The van der Waals surface area contributed by atoms with E-state index < -0.39 is 0 Å². The molecule has 1 heterocycles. The Morgan fingerprint density at radius 2 is 2.00 bits per heavy atom. The molecule has 68 valence electrons. The summed E-state index contributed by atoms with van der Waals surface area (Å²) in [5.41, 5.74) is 0. The molecular weight excluding hydrogens is 152 g/mol. The molecule has 0 unspecified atom stereocenters. The molecule has 2 heteroatoms. The molecule has 0 radical (unpaired) electrons. The Bertz CT molecular complexity index is 171. The number of hydrogen-bond donors (Lipinski definition) is 0. The Hall–Kier alpha value is -0.340. The molecule has 0 aromatic carbocycles. The molecule has 12 heavy (non-hydrogen) atoms. The lowest BCUT2D eigenvalue weighted by Crippen LogP contribution is -2.33. The summed E-state index contributed by atoms with van der Waals surface area (Å²) in [5, 5.41) is 0. The van der Waals surface area contributed by atoms with Gasteiger partial charge in [-0.2, -0.15) is 0 Å². The van der Waals surface area contributed by atoms with Crippen LogP contribution >= 0.6 is 0 Å². The highest BCUT2D eigenvalue weighted by molar-refractivity contribution is 4.89. The van der Waals surface area contributed by atoms with E-state index in [0.29, 0.717) is 6.61 Å². The van der Waals surface area contributed by atoms with Crippen LogP contribution in [0.15, 0.2) is 12.7 Å². The largest absolute Gasteiger partial charge is 0.347 e. The van der Waals surface area contributed by atoms with E-state index in [4.69, 9.17) is 9.47 Å². The molecule has 1 saturated heterocycles. The first-order valence-electron chi connectivity index (χ1n) is 4.79. The summed E-state index contributed by atoms with van der Waals surface area (Å²) < 4.78 is 11.5. The maximum Gasteiger partial charge on any atom is 0.169 e. The van der Waals surface area contributed by atoms with Gasteiger partial charge in [0.25, 0.3) is 0 Å². The van der Waals surface area contributed by atoms with Gasteiger partial charge < -0.3 is 9.47 Å². The second kappa shape index (κ2) is 3.19. The Labute approximate surface area is 73.5 Å². The number of ether oxygens (including phenoxy) is 2. The van der Waals surface area contributed by atoms with Crippen molar-refractivity contribution in [3.63, 3.8) is 0 Å². The Balaban J connectivity index is 1.98. The highest BCUT2D eigenvalue weighted by Gasteiger charge is 2.40. The summed E-state index contributed by atoms with van der Waals surface area (Å²) in [6.07, 6.45) is 7.90. The molecule has 0 N–H and O–H groups in total. The lowest BCUT2D eigenvalue weighted by atomic mass is 9.94. The van der Waals surface area contributed by atoms with E-state index in [1.54, 1.807) is 0 Å². The Morgan fingerprint density at radius 3 is 2.58 bits per heavy atom. The summed E-state index contributed by atoms with van der Waals surface area (Å²) in [5.74, 6) is -0.225. The van der Waals surface area contributed by atoms with Gasteiger partial charge in [0, 0.05) is 12.8 Å². The molecular formula is C10H16O2. The topological polar surface area (TPSA) is 18.5 Å². The van der Waals surface area contributed by atoms with Crippen molar-refractivity contribution in [1.82, 2.24) is 0 Å². The Kier molecular flexibility index (Phi) is 2.20. The van der Waals surface area contributed by atoms with Crippen LogP contribution in [0.2, 0.25) is 0 Å². The maximum atomic E-state index is 5.80. The van der Waals surface area contributed by atoms with Gasteiger partial charge in [0.2, 0.25) is 0 Å². The van der Waals surface area contributed by atoms with Crippen LogP contribution in [0.5, 0.6) is 0 Å². The minimum Gasteiger partial charge on any atom is -0.347 e. The van der Waals surface area contributed by atoms with Crippen molar-refractivity contribution >= 4 is 0 Å². The standard InChI is InChI=1S/C10H16O2/c1-2-9-8-11-10(12-9)6-4-3-5-7-10/h2,9H,1,3-8H2/t9-/m0/s1. The minimum atomic E-state index is -0.225. The zero-order valence-corrected chi connectivity index (χ0v) is 7.42. The van der Waals surface area contributed by atoms with Crippen molar-refractivity contribution in [2.75, 3.05) is 6.61 Å². The van der Waals surface area contributed by atoms with Crippen LogP contribution in [0.4, 0.5) is 0 Å². The predicted octanol–water partition coefficient (Wildman–Crippen LogP) is 2.25. The average molecular weight is 168 g/mol. The van der Waals surface area contributed by atoms with Gasteiger partial charge >= 0.3 is 0 Å². The SMILES string of the molecule is C=C[C@H]1COC2(CCCCC2)O1. The summed E-state index contributed by atoms with van der Waals surface area (Å²) >= 11 is 0. The van der Waals surface area contributed by atoms with Gasteiger partial charge in [0.05, 0.1) is 6.61 Å². The van der Waals surface area contributed by atoms with Gasteiger partial charge in [-0.3, -0.25) is 0 Å². The fourth-order valence-corrected chi connectivity index (χ4v) is 2.05. The maximum absolute atomic E-state index is 5.80. The van der Waals surface area contributed by atoms with E-state index in [1.165, 1.54) is 19.3 Å². The monoisotopic (exact) mass is 168 g/mol. The summed E-state index contributed by atoms with van der Waals surface area (Å²) in [6, 6.07) is 0. The second-order valence-electron chi connectivity index (χ2n) is 3.67. The van der Waals surface area contributed by atoms with Crippen LogP contribution in [-0.2, 0) is 9.47 Å². The van der Waals surface area contributed by atoms with Gasteiger partial charge in [-0.1, -0.05) is 12.5 Å². The van der Waals surface area contributed by atoms with Crippen LogP contribution in [0.1, 0.15) is 32.1 Å². The third kappa shape index (κ3) is 1.41. The lowest BCUT2D eigenvalue weighted by Gasteiger charge is -2.31. The molecule has 0 amide bonds. The fourth-order valence-electron chi connectivity index (χ4n) is 2.05. The van der Waals surface area contributed by atoms with Crippen molar-refractivity contribution < 1.29 is 9.47 Å². The van der Waals surface area contributed by atoms with E-state index in [1.807, 2.05) is 6.08 Å². The van der Waals surface area contributed by atoms with Gasteiger partial charge in [-0.15, -0.1) is 6.58 Å². The zero-order chi connectivity index (χ0) is 8.44. The van der Waals surface area contributed by atoms with Gasteiger partial charge in [0.1, 0.15) is 6.10 Å². The summed E-state index contributed by atoms with van der Waals surface area (Å²) in [7, 11) is 0. The van der Waals surface area contributed by atoms with E-state index in [-0.39, 0.29) is 11.9 Å². The summed E-state index contributed by atoms with van der Waals surface area (Å²) in [4.78, 5) is 0. The van der Waals surface area contributed by atoms with Crippen LogP contribution in [0.3, 0.4) is 0 Å². The molecule has 2 nitrogen and oxygen atoms in total. The fraction of sp³-hybridized carbons (Fsp3) is 0.800. The molecule has 2 rings (SSSR count). The smallest absolute Gasteiger partial charge is 0.169 e. The van der Waals surface area contributed by atoms with E-state index in [2.05, 4.69) is 6.58 Å². The molecule has 1 atom stereocenters. The van der Waals surface area contributed by atoms with Gasteiger partial charge in [-0.25, -0.2) is 0 Å². The van der Waals surface area contributed by atoms with Crippen molar-refractivity contribution in [3.05, 3.63) is 12.7 Å². The quantitative estimate of drug-likeness (QED) is 0.559. The first-order chi connectivity index (χ1) is 5.85. The van der Waals surface area contributed by atoms with Crippen LogP contribution < -0.4 is 0 Å². The Morgan fingerprint density at radius 1 is 1.25 bits per heavy atom. The third-order valence-electron chi connectivity index (χ3n) is 2.76. The number of hydrogen-bond acceptors (Lipinski definition) is 2. The van der Waals surface area contributed by atoms with E-state index in [0.717, 1.165) is 12.8 Å². The summed E-state index contributed by atoms with van der Waals surface area (Å²) in [6.45, 7) is 4.41. The van der Waals surface area contributed by atoms with E-state index in [9.17, 15) is 0 Å². The molecule has 1 saturated carbocycles. The van der Waals surface area contributed by atoms with Crippen LogP contribution in [0.25, 0.3) is 0 Å². The van der Waals surface area contributed by atoms with Crippen molar-refractivity contribution in [2.45, 2.75) is 44.0 Å². The van der Waals surface area contributed by atoms with Gasteiger partial charge in [-0.05, 0) is 12.8 Å². The van der Waals surface area contributed by atoms with E-state index >= 15 is 0 Å². The van der Waals surface area contributed by atoms with Crippen molar-refractivity contribution in [1.29, 1.82) is 0 Å². The molecule has 1 spiro atoms. The second-order valence-corrected chi connectivity index (χ2v) is 3.67. The lowest BCUT2D eigenvalue weighted by molar-refractivity contribution is -0.182. The normalized spacial score (nSPS) is 33.8. The van der Waals surface area contributed by atoms with Gasteiger partial charge in [0.15, 0.2) is 5.79 Å². The highest BCUT2D eigenvalue weighted by Crippen LogP contribution is 2.37. The molecule has 2 fully saturated rings. The average Bonchev–Trinajstić information content (AvgIpc) is 2.50. The zero-order valence-electron chi connectivity index (χ0n) is 7.42. The predicted molar refractivity (Wildman–Crippen MR) is 46.8 cm³/mol. The van der Waals surface area contributed by atoms with Crippen molar-refractivity contribution in [2.24, 2.45) is 0 Å².